The Morgan fingerprint density at radius 3 is 2.17 bits per heavy atom. The summed E-state index contributed by atoms with van der Waals surface area (Å²) < 4.78 is 2.17. The number of hydrogen-bond acceptors (Lipinski definition) is 1. The van der Waals surface area contributed by atoms with Gasteiger partial charge in [-0.3, -0.25) is 0 Å². The second-order valence-electron chi connectivity index (χ2n) is 4.28. The molecular formula is C15H15Br2N. The van der Waals surface area contributed by atoms with Crippen LogP contribution in [0.5, 0.6) is 0 Å². The normalized spacial score (nSPS) is 12.4. The highest BCUT2D eigenvalue weighted by molar-refractivity contribution is 9.11. The average Bonchev–Trinajstić information content (AvgIpc) is 2.31. The molecule has 0 aliphatic heterocycles. The van der Waals surface area contributed by atoms with Crippen molar-refractivity contribution in [1.29, 1.82) is 0 Å². The Bertz CT molecular complexity index is 532. The van der Waals surface area contributed by atoms with E-state index < -0.39 is 0 Å². The van der Waals surface area contributed by atoms with Crippen LogP contribution in [0.4, 0.5) is 0 Å². The Morgan fingerprint density at radius 2 is 1.61 bits per heavy atom. The highest BCUT2D eigenvalue weighted by Crippen LogP contribution is 2.29. The van der Waals surface area contributed by atoms with Crippen LogP contribution in [0.25, 0.3) is 0 Å². The van der Waals surface area contributed by atoms with Gasteiger partial charge >= 0.3 is 0 Å². The molecule has 1 unspecified atom stereocenters. The third-order valence-electron chi connectivity index (χ3n) is 3.01. The number of aryl methyl sites for hydroxylation is 1. The zero-order valence-corrected chi connectivity index (χ0v) is 13.5. The van der Waals surface area contributed by atoms with E-state index in [0.29, 0.717) is 0 Å². The maximum absolute atomic E-state index is 3.54. The van der Waals surface area contributed by atoms with Gasteiger partial charge in [-0.05, 0) is 48.9 Å². The number of rotatable bonds is 3. The molecule has 2 aromatic rings. The SMILES string of the molecule is CNC(c1cc(Br)cc(Br)c1)c1ccccc1C. The minimum Gasteiger partial charge on any atom is -0.309 e. The largest absolute Gasteiger partial charge is 0.309 e. The predicted molar refractivity (Wildman–Crippen MR) is 83.9 cm³/mol. The summed E-state index contributed by atoms with van der Waals surface area (Å²) in [6.45, 7) is 2.15. The molecule has 1 atom stereocenters. The number of halogens is 2. The van der Waals surface area contributed by atoms with E-state index >= 15 is 0 Å². The molecule has 2 rings (SSSR count). The molecule has 0 aromatic heterocycles. The molecule has 0 amide bonds. The topological polar surface area (TPSA) is 12.0 Å². The van der Waals surface area contributed by atoms with E-state index in [1.165, 1.54) is 16.7 Å². The van der Waals surface area contributed by atoms with Crippen LogP contribution in [0.3, 0.4) is 0 Å². The van der Waals surface area contributed by atoms with E-state index in [1.54, 1.807) is 0 Å². The van der Waals surface area contributed by atoms with Crippen molar-refractivity contribution in [3.8, 4) is 0 Å². The van der Waals surface area contributed by atoms with Gasteiger partial charge in [0.2, 0.25) is 0 Å². The highest BCUT2D eigenvalue weighted by Gasteiger charge is 2.14. The fraction of sp³-hybridized carbons (Fsp3) is 0.200. The Hall–Kier alpha value is -0.640. The van der Waals surface area contributed by atoms with E-state index in [0.717, 1.165) is 8.95 Å². The quantitative estimate of drug-likeness (QED) is 0.818. The van der Waals surface area contributed by atoms with Crippen LogP contribution in [0.2, 0.25) is 0 Å². The van der Waals surface area contributed by atoms with Crippen molar-refractivity contribution < 1.29 is 0 Å². The van der Waals surface area contributed by atoms with Crippen molar-refractivity contribution in [1.82, 2.24) is 5.32 Å². The second-order valence-corrected chi connectivity index (χ2v) is 6.11. The first kappa shape index (κ1) is 13.8. The molecule has 0 radical (unpaired) electrons. The molecule has 18 heavy (non-hydrogen) atoms. The van der Waals surface area contributed by atoms with E-state index in [9.17, 15) is 0 Å². The summed E-state index contributed by atoms with van der Waals surface area (Å²) in [4.78, 5) is 0. The summed E-state index contributed by atoms with van der Waals surface area (Å²) in [7, 11) is 1.99. The maximum atomic E-state index is 3.54. The molecule has 2 aromatic carbocycles. The lowest BCUT2D eigenvalue weighted by Crippen LogP contribution is -2.18. The van der Waals surface area contributed by atoms with Gasteiger partial charge in [-0.2, -0.15) is 0 Å². The van der Waals surface area contributed by atoms with Gasteiger partial charge in [0.1, 0.15) is 0 Å². The van der Waals surface area contributed by atoms with Gasteiger partial charge in [-0.15, -0.1) is 0 Å². The molecule has 0 spiro atoms. The van der Waals surface area contributed by atoms with Crippen molar-refractivity contribution in [2.45, 2.75) is 13.0 Å². The van der Waals surface area contributed by atoms with Gasteiger partial charge in [-0.25, -0.2) is 0 Å². The molecule has 0 aliphatic rings. The van der Waals surface area contributed by atoms with E-state index in [2.05, 4.69) is 80.5 Å². The number of hydrogen-bond donors (Lipinski definition) is 1. The third kappa shape index (κ3) is 3.02. The minimum atomic E-state index is 0.208. The van der Waals surface area contributed by atoms with Gasteiger partial charge < -0.3 is 5.32 Å². The molecule has 0 bridgehead atoms. The fourth-order valence-electron chi connectivity index (χ4n) is 2.15. The minimum absolute atomic E-state index is 0.208. The summed E-state index contributed by atoms with van der Waals surface area (Å²) in [5, 5.41) is 3.39. The Balaban J connectivity index is 2.48. The van der Waals surface area contributed by atoms with Crippen LogP contribution in [-0.2, 0) is 0 Å². The van der Waals surface area contributed by atoms with E-state index in [1.807, 2.05) is 13.1 Å². The Kier molecular flexibility index (Phi) is 4.60. The molecule has 0 aliphatic carbocycles. The molecule has 0 heterocycles. The van der Waals surface area contributed by atoms with Crippen molar-refractivity contribution >= 4 is 31.9 Å². The molecule has 1 N–H and O–H groups in total. The summed E-state index contributed by atoms with van der Waals surface area (Å²) in [5.74, 6) is 0. The molecular weight excluding hydrogens is 354 g/mol. The molecule has 0 saturated carbocycles. The predicted octanol–water partition coefficient (Wildman–Crippen LogP) is 4.83. The lowest BCUT2D eigenvalue weighted by atomic mass is 9.95. The Morgan fingerprint density at radius 1 is 1.00 bits per heavy atom. The van der Waals surface area contributed by atoms with Crippen molar-refractivity contribution in [2.24, 2.45) is 0 Å². The van der Waals surface area contributed by atoms with Crippen LogP contribution in [0, 0.1) is 6.92 Å². The summed E-state index contributed by atoms with van der Waals surface area (Å²) >= 11 is 7.09. The summed E-state index contributed by atoms with van der Waals surface area (Å²) in [6, 6.07) is 15.0. The van der Waals surface area contributed by atoms with Crippen molar-refractivity contribution in [2.75, 3.05) is 7.05 Å². The molecule has 3 heteroatoms. The lowest BCUT2D eigenvalue weighted by molar-refractivity contribution is 0.687. The molecule has 0 saturated heterocycles. The van der Waals surface area contributed by atoms with Crippen molar-refractivity contribution in [3.63, 3.8) is 0 Å². The van der Waals surface area contributed by atoms with Crippen molar-refractivity contribution in [3.05, 3.63) is 68.1 Å². The van der Waals surface area contributed by atoms with Crippen LogP contribution in [-0.4, -0.2) is 7.05 Å². The zero-order valence-electron chi connectivity index (χ0n) is 10.4. The van der Waals surface area contributed by atoms with Gasteiger partial charge in [0.25, 0.3) is 0 Å². The van der Waals surface area contributed by atoms with Crippen LogP contribution in [0.1, 0.15) is 22.7 Å². The Labute approximate surface area is 125 Å². The summed E-state index contributed by atoms with van der Waals surface area (Å²) in [6.07, 6.45) is 0. The highest BCUT2D eigenvalue weighted by atomic mass is 79.9. The molecule has 94 valence electrons. The monoisotopic (exact) mass is 367 g/mol. The fourth-order valence-corrected chi connectivity index (χ4v) is 3.48. The van der Waals surface area contributed by atoms with Crippen LogP contribution >= 0.6 is 31.9 Å². The average molecular weight is 369 g/mol. The number of benzene rings is 2. The van der Waals surface area contributed by atoms with Crippen LogP contribution < -0.4 is 5.32 Å². The number of nitrogens with one attached hydrogen (secondary N) is 1. The lowest BCUT2D eigenvalue weighted by Gasteiger charge is -2.20. The first-order valence-electron chi connectivity index (χ1n) is 5.80. The van der Waals surface area contributed by atoms with Gasteiger partial charge in [0.15, 0.2) is 0 Å². The van der Waals surface area contributed by atoms with E-state index in [-0.39, 0.29) is 6.04 Å². The maximum Gasteiger partial charge on any atom is 0.0577 e. The molecule has 0 fully saturated rings. The third-order valence-corrected chi connectivity index (χ3v) is 3.92. The standard InChI is InChI=1S/C15H15Br2N/c1-10-5-3-4-6-14(10)15(18-2)11-7-12(16)9-13(17)8-11/h3-9,15,18H,1-2H3. The first-order chi connectivity index (χ1) is 8.61. The van der Waals surface area contributed by atoms with Crippen LogP contribution in [0.15, 0.2) is 51.4 Å². The van der Waals surface area contributed by atoms with Gasteiger partial charge in [-0.1, -0.05) is 56.1 Å². The molecule has 1 nitrogen and oxygen atoms in total. The summed E-state index contributed by atoms with van der Waals surface area (Å²) in [5.41, 5.74) is 3.85. The van der Waals surface area contributed by atoms with E-state index in [4.69, 9.17) is 0 Å². The first-order valence-corrected chi connectivity index (χ1v) is 7.39. The smallest absolute Gasteiger partial charge is 0.0577 e. The zero-order chi connectivity index (χ0) is 13.1. The van der Waals surface area contributed by atoms with Gasteiger partial charge in [0, 0.05) is 8.95 Å². The van der Waals surface area contributed by atoms with Gasteiger partial charge in [0.05, 0.1) is 6.04 Å². The second kappa shape index (κ2) is 6.00.